The number of carbonyl (C=O) groups excluding carboxylic acids is 1. The highest BCUT2D eigenvalue weighted by molar-refractivity contribution is 6.03. The average Bonchev–Trinajstić information content (AvgIpc) is 3.57. The van der Waals surface area contributed by atoms with Crippen LogP contribution in [-0.4, -0.2) is 29.1 Å². The molecule has 0 aliphatic carbocycles. The van der Waals surface area contributed by atoms with Crippen molar-refractivity contribution in [2.45, 2.75) is 77.8 Å². The first kappa shape index (κ1) is 38.9. The van der Waals surface area contributed by atoms with Crippen LogP contribution >= 0.6 is 0 Å². The molecule has 0 spiro atoms. The number of primary amides is 1. The summed E-state index contributed by atoms with van der Waals surface area (Å²) < 4.78 is 52.2. The molecule has 0 bridgehead atoms. The molecule has 0 saturated carbocycles. The minimum atomic E-state index is -4.53. The normalized spacial score (nSPS) is 11.3. The Hall–Kier alpha value is -5.31. The first-order chi connectivity index (χ1) is 25.7. The summed E-state index contributed by atoms with van der Waals surface area (Å²) in [5, 5.41) is 1.54. The molecular weight excluding hydrogens is 675 g/mol. The second-order valence-electron chi connectivity index (χ2n) is 13.1. The molecule has 0 aliphatic rings. The first-order valence-electron chi connectivity index (χ1n) is 18.5. The Morgan fingerprint density at radius 2 is 1.45 bits per heavy atom. The van der Waals surface area contributed by atoms with Gasteiger partial charge in [-0.05, 0) is 54.3 Å². The number of nitrogens with one attached hydrogen (secondary N) is 1. The summed E-state index contributed by atoms with van der Waals surface area (Å²) in [5.41, 5.74) is 9.55. The van der Waals surface area contributed by atoms with E-state index in [4.69, 9.17) is 15.2 Å². The molecule has 278 valence electrons. The summed E-state index contributed by atoms with van der Waals surface area (Å²) in [7, 11) is 0. The number of ether oxygens (including phenoxy) is 2. The molecule has 53 heavy (non-hydrogen) atoms. The van der Waals surface area contributed by atoms with Crippen LogP contribution in [0.3, 0.4) is 0 Å². The number of hydrogen-bond acceptors (Lipinski definition) is 4. The predicted molar refractivity (Wildman–Crippen MR) is 208 cm³/mol. The van der Waals surface area contributed by atoms with Gasteiger partial charge in [0.1, 0.15) is 11.3 Å². The van der Waals surface area contributed by atoms with Crippen molar-refractivity contribution in [2.75, 3.05) is 13.2 Å². The third kappa shape index (κ3) is 10.9. The maximum Gasteiger partial charge on any atom is 0.416 e. The van der Waals surface area contributed by atoms with Crippen LogP contribution in [0, 0.1) is 0 Å². The van der Waals surface area contributed by atoms with Gasteiger partial charge in [0.2, 0.25) is 0 Å². The van der Waals surface area contributed by atoms with Gasteiger partial charge in [-0.25, -0.2) is 0 Å². The summed E-state index contributed by atoms with van der Waals surface area (Å²) in [4.78, 5) is 20.5. The predicted octanol–water partition coefficient (Wildman–Crippen LogP) is 11.7. The number of rotatable bonds is 16. The molecule has 9 heteroatoms. The molecular formula is C44H48F3N3O3. The molecule has 0 saturated heterocycles. The molecule has 1 amide bonds. The van der Waals surface area contributed by atoms with Crippen LogP contribution in [0.4, 0.5) is 13.2 Å². The third-order valence-electron chi connectivity index (χ3n) is 9.04. The number of benzene rings is 4. The van der Waals surface area contributed by atoms with Gasteiger partial charge in [-0.3, -0.25) is 9.78 Å². The number of hydrogen-bond donors (Lipinski definition) is 2. The van der Waals surface area contributed by atoms with E-state index in [1.165, 1.54) is 37.1 Å². The van der Waals surface area contributed by atoms with Crippen LogP contribution < -0.4 is 15.2 Å². The Morgan fingerprint density at radius 1 is 0.755 bits per heavy atom. The first-order valence-corrected chi connectivity index (χ1v) is 18.5. The number of aromatic nitrogens is 2. The zero-order valence-corrected chi connectivity index (χ0v) is 30.5. The van der Waals surface area contributed by atoms with Gasteiger partial charge in [-0.2, -0.15) is 13.2 Å². The Bertz CT molecular complexity index is 2040. The van der Waals surface area contributed by atoms with E-state index in [9.17, 15) is 18.0 Å². The lowest BCUT2D eigenvalue weighted by atomic mass is 9.97. The van der Waals surface area contributed by atoms with Gasteiger partial charge in [0.15, 0.2) is 5.88 Å². The second kappa shape index (κ2) is 19.0. The van der Waals surface area contributed by atoms with E-state index in [1.54, 1.807) is 0 Å². The monoisotopic (exact) mass is 723 g/mol. The van der Waals surface area contributed by atoms with E-state index in [1.807, 2.05) is 85.8 Å². The van der Waals surface area contributed by atoms with Gasteiger partial charge < -0.3 is 20.2 Å². The largest absolute Gasteiger partial charge is 0.492 e. The zero-order valence-electron chi connectivity index (χ0n) is 30.5. The van der Waals surface area contributed by atoms with Crippen LogP contribution in [0.25, 0.3) is 32.9 Å². The highest BCUT2D eigenvalue weighted by atomic mass is 19.4. The molecule has 2 aromatic heterocycles. The van der Waals surface area contributed by atoms with E-state index in [-0.39, 0.29) is 23.3 Å². The number of fused-ring (bicyclic) bond motifs is 2. The maximum atomic E-state index is 13.6. The lowest BCUT2D eigenvalue weighted by molar-refractivity contribution is -0.137. The molecule has 0 atom stereocenters. The highest BCUT2D eigenvalue weighted by Crippen LogP contribution is 2.37. The Balaban J connectivity index is 0.000000378. The number of nitrogens with two attached hydrogens (primary N) is 1. The Kier molecular flexibility index (Phi) is 13.9. The van der Waals surface area contributed by atoms with E-state index in [2.05, 4.69) is 23.0 Å². The molecule has 6 rings (SSSR count). The van der Waals surface area contributed by atoms with E-state index < -0.39 is 17.6 Å². The summed E-state index contributed by atoms with van der Waals surface area (Å²) in [6.07, 6.45) is 4.59. The number of alkyl halides is 3. The number of pyridine rings is 1. The number of unbranched alkanes of at least 4 members (excludes halogenated alkanes) is 7. The molecule has 2 heterocycles. The van der Waals surface area contributed by atoms with Gasteiger partial charge in [0, 0.05) is 28.8 Å². The minimum absolute atomic E-state index is 0.113. The van der Waals surface area contributed by atoms with Crippen LogP contribution in [0.2, 0.25) is 0 Å². The van der Waals surface area contributed by atoms with Gasteiger partial charge in [-0.1, -0.05) is 125 Å². The standard InChI is InChI=1S/C34H37F3N2O2.C10H11NO/c1-2-3-4-5-6-7-8-12-20-41-32-28-19-18-27(34(35,36)37)23-29(28)39-30(31(32)33(38)40)22-24-14-13-17-26(21-24)25-15-10-9-11-16-25;1-2-12-10-7-8-5-3-4-6-9(8)11-10/h9-11,13-19,21,23H,2-8,12,20,22H2,1H3,(H2,38,40);3-7,11H,2H2,1H3. The van der Waals surface area contributed by atoms with Gasteiger partial charge >= 0.3 is 6.18 Å². The van der Waals surface area contributed by atoms with E-state index in [0.29, 0.717) is 24.3 Å². The fourth-order valence-electron chi connectivity index (χ4n) is 6.37. The molecule has 6 nitrogen and oxygen atoms in total. The Morgan fingerprint density at radius 3 is 2.15 bits per heavy atom. The van der Waals surface area contributed by atoms with Crippen molar-refractivity contribution in [3.8, 4) is 22.8 Å². The van der Waals surface area contributed by atoms with Crippen molar-refractivity contribution in [3.63, 3.8) is 0 Å². The molecule has 0 radical (unpaired) electrons. The topological polar surface area (TPSA) is 90.2 Å². The third-order valence-corrected chi connectivity index (χ3v) is 9.04. The van der Waals surface area contributed by atoms with Crippen molar-refractivity contribution in [3.05, 3.63) is 126 Å². The number of nitrogens with zero attached hydrogens (tertiary/aromatic N) is 1. The van der Waals surface area contributed by atoms with Crippen molar-refractivity contribution in [1.82, 2.24) is 9.97 Å². The van der Waals surface area contributed by atoms with Crippen molar-refractivity contribution in [2.24, 2.45) is 5.73 Å². The van der Waals surface area contributed by atoms with Crippen molar-refractivity contribution < 1.29 is 27.4 Å². The van der Waals surface area contributed by atoms with Gasteiger partial charge in [-0.15, -0.1) is 0 Å². The van der Waals surface area contributed by atoms with Crippen molar-refractivity contribution >= 4 is 27.7 Å². The second-order valence-corrected chi connectivity index (χ2v) is 13.1. The van der Waals surface area contributed by atoms with E-state index >= 15 is 0 Å². The molecule has 0 fully saturated rings. The van der Waals surface area contributed by atoms with Crippen molar-refractivity contribution in [1.29, 1.82) is 0 Å². The number of amides is 1. The van der Waals surface area contributed by atoms with Crippen LogP contribution in [-0.2, 0) is 12.6 Å². The number of aromatic amines is 1. The molecule has 3 N–H and O–H groups in total. The van der Waals surface area contributed by atoms with Gasteiger partial charge in [0.25, 0.3) is 5.91 Å². The average molecular weight is 724 g/mol. The van der Waals surface area contributed by atoms with Crippen LogP contribution in [0.1, 0.15) is 92.4 Å². The van der Waals surface area contributed by atoms with Crippen LogP contribution in [0.5, 0.6) is 11.6 Å². The number of carbonyl (C=O) groups is 1. The maximum absolute atomic E-state index is 13.6. The van der Waals surface area contributed by atoms with E-state index in [0.717, 1.165) is 65.9 Å². The molecule has 6 aromatic rings. The number of halogens is 3. The highest BCUT2D eigenvalue weighted by Gasteiger charge is 2.31. The summed E-state index contributed by atoms with van der Waals surface area (Å²) in [5.74, 6) is 0.325. The summed E-state index contributed by atoms with van der Waals surface area (Å²) in [6, 6.07) is 31.1. The summed E-state index contributed by atoms with van der Waals surface area (Å²) in [6.45, 7) is 5.20. The summed E-state index contributed by atoms with van der Waals surface area (Å²) >= 11 is 0. The Labute approximate surface area is 309 Å². The zero-order chi connectivity index (χ0) is 37.6. The fraction of sp³-hybridized carbons (Fsp3) is 0.318. The smallest absolute Gasteiger partial charge is 0.416 e. The molecule has 0 aliphatic heterocycles. The quantitative estimate of drug-likeness (QED) is 0.0973. The van der Waals surface area contributed by atoms with Gasteiger partial charge in [0.05, 0.1) is 30.0 Å². The lowest BCUT2D eigenvalue weighted by Gasteiger charge is -2.17. The SMILES string of the molecule is CCCCCCCCCCOc1c(C(N)=O)c(Cc2cccc(-c3ccccc3)c2)nc2cc(C(F)(F)F)ccc12.CCOc1cc2ccccc2[nH]1. The van der Waals surface area contributed by atoms with Crippen LogP contribution in [0.15, 0.2) is 103 Å². The number of para-hydroxylation sites is 1. The fourth-order valence-corrected chi connectivity index (χ4v) is 6.37. The molecule has 4 aromatic carbocycles. The molecule has 0 unspecified atom stereocenters. The minimum Gasteiger partial charge on any atom is -0.492 e. The lowest BCUT2D eigenvalue weighted by Crippen LogP contribution is -2.18. The number of H-pyrrole nitrogens is 1.